The number of amides is 2. The summed E-state index contributed by atoms with van der Waals surface area (Å²) in [6.45, 7) is 0. The molecule has 0 heterocycles. The fraction of sp³-hybridized carbons (Fsp3) is 0.438. The van der Waals surface area contributed by atoms with Crippen LogP contribution in [0.3, 0.4) is 0 Å². The van der Waals surface area contributed by atoms with Gasteiger partial charge in [0, 0.05) is 6.04 Å². The van der Waals surface area contributed by atoms with Crippen molar-refractivity contribution in [1.82, 2.24) is 10.7 Å². The van der Waals surface area contributed by atoms with Crippen LogP contribution < -0.4 is 10.7 Å². The zero-order valence-corrected chi connectivity index (χ0v) is 14.2. The van der Waals surface area contributed by atoms with E-state index < -0.39 is 11.8 Å². The molecule has 1 fully saturated rings. The molecule has 2 amide bonds. The Hall–Kier alpha value is -1.59. The van der Waals surface area contributed by atoms with Gasteiger partial charge < -0.3 is 5.32 Å². The van der Waals surface area contributed by atoms with Crippen molar-refractivity contribution in [2.45, 2.75) is 44.6 Å². The van der Waals surface area contributed by atoms with E-state index in [1.54, 1.807) is 18.2 Å². The van der Waals surface area contributed by atoms with Gasteiger partial charge in [-0.05, 0) is 30.5 Å². The van der Waals surface area contributed by atoms with E-state index in [4.69, 9.17) is 23.2 Å². The van der Waals surface area contributed by atoms with Gasteiger partial charge in [0.15, 0.2) is 0 Å². The lowest BCUT2D eigenvalue weighted by Crippen LogP contribution is -2.43. The first-order valence-corrected chi connectivity index (χ1v) is 8.41. The first-order valence-electron chi connectivity index (χ1n) is 7.65. The summed E-state index contributed by atoms with van der Waals surface area (Å²) in [4.78, 5) is 23.6. The van der Waals surface area contributed by atoms with Gasteiger partial charge in [-0.2, -0.15) is 5.10 Å². The Balaban J connectivity index is 1.82. The average molecular weight is 356 g/mol. The quantitative estimate of drug-likeness (QED) is 0.378. The molecule has 124 valence electrons. The van der Waals surface area contributed by atoms with Crippen LogP contribution >= 0.6 is 23.2 Å². The van der Waals surface area contributed by atoms with Gasteiger partial charge in [-0.15, -0.1) is 0 Å². The van der Waals surface area contributed by atoms with E-state index in [0.717, 1.165) is 25.7 Å². The van der Waals surface area contributed by atoms with E-state index in [1.165, 1.54) is 19.1 Å². The Kier molecular flexibility index (Phi) is 6.86. The molecule has 23 heavy (non-hydrogen) atoms. The molecular formula is C16H19Cl2N3O2. The minimum absolute atomic E-state index is 0.0785. The first kappa shape index (κ1) is 17.8. The highest BCUT2D eigenvalue weighted by Gasteiger charge is 2.19. The monoisotopic (exact) mass is 355 g/mol. The van der Waals surface area contributed by atoms with Crippen molar-refractivity contribution >= 4 is 41.2 Å². The maximum absolute atomic E-state index is 11.8. The minimum Gasteiger partial charge on any atom is -0.345 e. The molecule has 0 bridgehead atoms. The smallest absolute Gasteiger partial charge is 0.329 e. The molecule has 0 aliphatic heterocycles. The normalized spacial score (nSPS) is 16.1. The largest absolute Gasteiger partial charge is 0.345 e. The summed E-state index contributed by atoms with van der Waals surface area (Å²) in [5.74, 6) is -1.42. The predicted octanol–water partition coefficient (Wildman–Crippen LogP) is 3.28. The van der Waals surface area contributed by atoms with Gasteiger partial charge in [0.25, 0.3) is 0 Å². The molecule has 0 atom stereocenters. The number of carbonyl (C=O) groups is 2. The van der Waals surface area contributed by atoms with E-state index in [1.807, 2.05) is 0 Å². The number of hydrogen-bond donors (Lipinski definition) is 2. The number of rotatable bonds is 3. The van der Waals surface area contributed by atoms with Gasteiger partial charge in [-0.25, -0.2) is 5.43 Å². The third-order valence-corrected chi connectivity index (χ3v) is 4.46. The number of halogens is 2. The molecule has 0 radical (unpaired) electrons. The van der Waals surface area contributed by atoms with Crippen molar-refractivity contribution in [3.8, 4) is 0 Å². The lowest BCUT2D eigenvalue weighted by Gasteiger charge is -2.14. The van der Waals surface area contributed by atoms with Crippen LogP contribution in [0.1, 0.15) is 44.1 Å². The van der Waals surface area contributed by atoms with Crippen LogP contribution in [0.15, 0.2) is 23.3 Å². The maximum atomic E-state index is 11.8. The van der Waals surface area contributed by atoms with Crippen molar-refractivity contribution in [3.63, 3.8) is 0 Å². The lowest BCUT2D eigenvalue weighted by molar-refractivity contribution is -0.139. The van der Waals surface area contributed by atoms with E-state index in [9.17, 15) is 9.59 Å². The minimum atomic E-state index is -0.773. The summed E-state index contributed by atoms with van der Waals surface area (Å²) >= 11 is 11.7. The molecule has 0 unspecified atom stereocenters. The van der Waals surface area contributed by atoms with Crippen LogP contribution in [0.5, 0.6) is 0 Å². The fourth-order valence-corrected chi connectivity index (χ4v) is 2.79. The topological polar surface area (TPSA) is 70.6 Å². The maximum Gasteiger partial charge on any atom is 0.329 e. The van der Waals surface area contributed by atoms with E-state index in [2.05, 4.69) is 15.8 Å². The number of nitrogens with one attached hydrogen (secondary N) is 2. The highest BCUT2D eigenvalue weighted by atomic mass is 35.5. The third-order valence-electron chi connectivity index (χ3n) is 3.72. The fourth-order valence-electron chi connectivity index (χ4n) is 2.48. The third kappa shape index (κ3) is 5.84. The molecule has 0 aromatic heterocycles. The summed E-state index contributed by atoms with van der Waals surface area (Å²) in [7, 11) is 0. The zero-order valence-electron chi connectivity index (χ0n) is 12.6. The standard InChI is InChI=1S/C16H19Cl2N3O2/c17-13-8-7-11(9-14(13)18)10-19-21-16(23)15(22)20-12-5-3-1-2-4-6-12/h7-10,12H,1-6H2,(H,20,22)(H,21,23)/b19-10+. The molecule has 5 nitrogen and oxygen atoms in total. The van der Waals surface area contributed by atoms with Crippen LogP contribution in [0.25, 0.3) is 0 Å². The van der Waals surface area contributed by atoms with Gasteiger partial charge in [-0.1, -0.05) is 55.0 Å². The second kappa shape index (κ2) is 8.89. The molecule has 0 saturated heterocycles. The van der Waals surface area contributed by atoms with Crippen LogP contribution in [0, 0.1) is 0 Å². The van der Waals surface area contributed by atoms with E-state index >= 15 is 0 Å². The summed E-state index contributed by atoms with van der Waals surface area (Å²) in [5, 5.41) is 7.36. The second-order valence-electron chi connectivity index (χ2n) is 5.53. The van der Waals surface area contributed by atoms with Crippen LogP contribution in [0.4, 0.5) is 0 Å². The molecule has 1 aliphatic carbocycles. The SMILES string of the molecule is O=C(N/N=C/c1ccc(Cl)c(Cl)c1)C(=O)NC1CCCCCC1. The van der Waals surface area contributed by atoms with Gasteiger partial charge in [0.05, 0.1) is 16.3 Å². The Bertz CT molecular complexity index is 597. The Labute approximate surface area is 145 Å². The predicted molar refractivity (Wildman–Crippen MR) is 91.8 cm³/mol. The molecule has 7 heteroatoms. The molecule has 2 N–H and O–H groups in total. The highest BCUT2D eigenvalue weighted by Crippen LogP contribution is 2.21. The first-order chi connectivity index (χ1) is 11.1. The highest BCUT2D eigenvalue weighted by molar-refractivity contribution is 6.42. The summed E-state index contributed by atoms with van der Waals surface area (Å²) in [6.07, 6.45) is 7.79. The van der Waals surface area contributed by atoms with Crippen LogP contribution in [-0.2, 0) is 9.59 Å². The Morgan fingerprint density at radius 3 is 2.39 bits per heavy atom. The van der Waals surface area contributed by atoms with Crippen molar-refractivity contribution in [2.75, 3.05) is 0 Å². The van der Waals surface area contributed by atoms with Gasteiger partial charge in [-0.3, -0.25) is 9.59 Å². The molecular weight excluding hydrogens is 337 g/mol. The van der Waals surface area contributed by atoms with E-state index in [-0.39, 0.29) is 6.04 Å². The lowest BCUT2D eigenvalue weighted by atomic mass is 10.1. The van der Waals surface area contributed by atoms with E-state index in [0.29, 0.717) is 15.6 Å². The number of benzene rings is 1. The summed E-state index contributed by atoms with van der Waals surface area (Å²) < 4.78 is 0. The second-order valence-corrected chi connectivity index (χ2v) is 6.35. The average Bonchev–Trinajstić information content (AvgIpc) is 2.79. The molecule has 1 aromatic carbocycles. The van der Waals surface area contributed by atoms with Crippen LogP contribution in [-0.4, -0.2) is 24.1 Å². The van der Waals surface area contributed by atoms with Crippen molar-refractivity contribution in [2.24, 2.45) is 5.10 Å². The van der Waals surface area contributed by atoms with Gasteiger partial charge >= 0.3 is 11.8 Å². The molecule has 0 spiro atoms. The number of hydrazone groups is 1. The zero-order chi connectivity index (χ0) is 16.7. The number of hydrogen-bond acceptors (Lipinski definition) is 3. The van der Waals surface area contributed by atoms with Gasteiger partial charge in [0.2, 0.25) is 0 Å². The summed E-state index contributed by atoms with van der Waals surface area (Å²) in [5.41, 5.74) is 2.88. The molecule has 1 saturated carbocycles. The Morgan fingerprint density at radius 2 is 1.74 bits per heavy atom. The molecule has 1 aliphatic rings. The molecule has 2 rings (SSSR count). The number of nitrogens with zero attached hydrogens (tertiary/aromatic N) is 1. The number of carbonyl (C=O) groups excluding carboxylic acids is 2. The van der Waals surface area contributed by atoms with Crippen LogP contribution in [0.2, 0.25) is 10.0 Å². The molecule has 1 aromatic rings. The van der Waals surface area contributed by atoms with Crippen molar-refractivity contribution in [3.05, 3.63) is 33.8 Å². The van der Waals surface area contributed by atoms with Crippen molar-refractivity contribution < 1.29 is 9.59 Å². The Morgan fingerprint density at radius 1 is 1.04 bits per heavy atom. The summed E-state index contributed by atoms with van der Waals surface area (Å²) in [6, 6.07) is 5.03. The van der Waals surface area contributed by atoms with Gasteiger partial charge in [0.1, 0.15) is 0 Å². The van der Waals surface area contributed by atoms with Crippen molar-refractivity contribution in [1.29, 1.82) is 0 Å².